The number of ether oxygens (including phenoxy) is 1. The first kappa shape index (κ1) is 23.3. The van der Waals surface area contributed by atoms with Crippen LogP contribution in [0.2, 0.25) is 5.02 Å². The third kappa shape index (κ3) is 5.91. The molecule has 0 amide bonds. The molecule has 0 aliphatic rings. The van der Waals surface area contributed by atoms with Gasteiger partial charge in [0.25, 0.3) is 0 Å². The molecule has 0 saturated carbocycles. The van der Waals surface area contributed by atoms with Gasteiger partial charge in [-0.05, 0) is 84.0 Å². The van der Waals surface area contributed by atoms with E-state index in [1.54, 1.807) is 12.1 Å². The zero-order valence-electron chi connectivity index (χ0n) is 18.7. The summed E-state index contributed by atoms with van der Waals surface area (Å²) in [6.07, 6.45) is 3.85. The van der Waals surface area contributed by atoms with Crippen molar-refractivity contribution in [1.82, 2.24) is 0 Å². The van der Waals surface area contributed by atoms with Gasteiger partial charge in [-0.3, -0.25) is 0 Å². The molecule has 0 aliphatic carbocycles. The van der Waals surface area contributed by atoms with E-state index in [1.165, 1.54) is 17.2 Å². The summed E-state index contributed by atoms with van der Waals surface area (Å²) in [5.74, 6) is 0.261. The number of halogens is 3. The van der Waals surface area contributed by atoms with E-state index in [-0.39, 0.29) is 10.8 Å². The molecule has 4 aromatic carbocycles. The Hall–Kier alpha value is -2.91. The van der Waals surface area contributed by atoms with Crippen LogP contribution < -0.4 is 4.74 Å². The lowest BCUT2D eigenvalue weighted by Crippen LogP contribution is -1.98. The van der Waals surface area contributed by atoms with E-state index in [2.05, 4.69) is 25.1 Å². The molecule has 4 aromatic rings. The van der Waals surface area contributed by atoms with Gasteiger partial charge < -0.3 is 4.74 Å². The summed E-state index contributed by atoms with van der Waals surface area (Å²) in [4.78, 5) is 0. The van der Waals surface area contributed by atoms with Crippen molar-refractivity contribution in [2.24, 2.45) is 0 Å². The Morgan fingerprint density at radius 2 is 1.39 bits per heavy atom. The van der Waals surface area contributed by atoms with Crippen LogP contribution in [0.25, 0.3) is 10.8 Å². The second-order valence-corrected chi connectivity index (χ2v) is 8.74. The molecule has 170 valence electrons. The van der Waals surface area contributed by atoms with Gasteiger partial charge in [-0.1, -0.05) is 67.1 Å². The molecule has 0 aromatic heterocycles. The highest BCUT2D eigenvalue weighted by molar-refractivity contribution is 6.30. The molecule has 33 heavy (non-hydrogen) atoms. The van der Waals surface area contributed by atoms with Crippen molar-refractivity contribution in [2.45, 2.75) is 39.0 Å². The summed E-state index contributed by atoms with van der Waals surface area (Å²) in [6, 6.07) is 22.7. The van der Waals surface area contributed by atoms with Crippen molar-refractivity contribution in [1.29, 1.82) is 0 Å². The summed E-state index contributed by atoms with van der Waals surface area (Å²) in [7, 11) is 0. The minimum absolute atomic E-state index is 0.101. The van der Waals surface area contributed by atoms with Crippen LogP contribution >= 0.6 is 11.6 Å². The molecule has 0 saturated heterocycles. The second kappa shape index (κ2) is 10.8. The van der Waals surface area contributed by atoms with Gasteiger partial charge in [-0.15, -0.1) is 0 Å². The molecule has 1 nitrogen and oxygen atoms in total. The van der Waals surface area contributed by atoms with Gasteiger partial charge >= 0.3 is 0 Å². The topological polar surface area (TPSA) is 9.23 Å². The minimum atomic E-state index is -0.443. The monoisotopic (exact) mass is 464 g/mol. The number of hydrogen-bond donors (Lipinski definition) is 0. The van der Waals surface area contributed by atoms with E-state index in [1.807, 2.05) is 36.4 Å². The third-order valence-electron chi connectivity index (χ3n) is 5.86. The third-order valence-corrected chi connectivity index (χ3v) is 6.17. The Morgan fingerprint density at radius 3 is 2.15 bits per heavy atom. The van der Waals surface area contributed by atoms with Crippen molar-refractivity contribution >= 4 is 22.4 Å². The summed E-state index contributed by atoms with van der Waals surface area (Å²) >= 11 is 5.74. The smallest absolute Gasteiger partial charge is 0.142 e. The summed E-state index contributed by atoms with van der Waals surface area (Å²) in [5, 5.41) is 1.62. The van der Waals surface area contributed by atoms with E-state index in [0.717, 1.165) is 42.6 Å². The Labute approximate surface area is 199 Å². The van der Waals surface area contributed by atoms with Crippen LogP contribution in [0.5, 0.6) is 5.75 Å². The molecule has 0 N–H and O–H groups in total. The van der Waals surface area contributed by atoms with Crippen LogP contribution in [-0.2, 0) is 25.7 Å². The highest BCUT2D eigenvalue weighted by atomic mass is 35.5. The largest absolute Gasteiger partial charge is 0.494 e. The van der Waals surface area contributed by atoms with Gasteiger partial charge in [-0.2, -0.15) is 0 Å². The predicted octanol–water partition coefficient (Wildman–Crippen LogP) is 8.13. The average molecular weight is 465 g/mol. The maximum atomic E-state index is 15.1. The molecule has 0 bridgehead atoms. The number of benzene rings is 4. The molecule has 0 atom stereocenters. The summed E-state index contributed by atoms with van der Waals surface area (Å²) in [5.41, 5.74) is 3.87. The number of aryl methyl sites for hydroxylation is 4. The lowest BCUT2D eigenvalue weighted by atomic mass is 9.97. The average Bonchev–Trinajstić information content (AvgIpc) is 2.83. The van der Waals surface area contributed by atoms with E-state index >= 15 is 4.39 Å². The zero-order valence-corrected chi connectivity index (χ0v) is 19.5. The second-order valence-electron chi connectivity index (χ2n) is 8.34. The van der Waals surface area contributed by atoms with E-state index < -0.39 is 5.82 Å². The van der Waals surface area contributed by atoms with Crippen LogP contribution in [0.3, 0.4) is 0 Å². The van der Waals surface area contributed by atoms with Crippen LogP contribution in [0.15, 0.2) is 72.8 Å². The molecule has 0 radical (unpaired) electrons. The van der Waals surface area contributed by atoms with Crippen LogP contribution in [0.4, 0.5) is 8.78 Å². The fourth-order valence-corrected chi connectivity index (χ4v) is 4.09. The lowest BCUT2D eigenvalue weighted by Gasteiger charge is -2.10. The van der Waals surface area contributed by atoms with Gasteiger partial charge in [0.05, 0.1) is 11.6 Å². The molecule has 0 heterocycles. The van der Waals surface area contributed by atoms with E-state index in [9.17, 15) is 4.39 Å². The zero-order chi connectivity index (χ0) is 23.2. The Bertz CT molecular complexity index is 1230. The predicted molar refractivity (Wildman–Crippen MR) is 132 cm³/mol. The SMILES string of the molecule is CCCOc1ccc(CCc2ccc3c(F)c(CCc4ccc(Cl)c(F)c4)ccc3c2)cc1. The Kier molecular flexibility index (Phi) is 7.61. The standard InChI is InChI=1S/C29H27ClF2O/c1-2-17-33-25-13-6-20(7-14-25)3-4-21-8-15-26-24(18-21)12-11-23(29(26)32)10-5-22-9-16-27(30)28(31)19-22/h6-9,11-16,18-19H,2-5,10,17H2,1H3. The normalized spacial score (nSPS) is 11.2. The van der Waals surface area contributed by atoms with Crippen LogP contribution in [-0.4, -0.2) is 6.61 Å². The Balaban J connectivity index is 1.41. The molecular formula is C29H27ClF2O. The first-order chi connectivity index (χ1) is 16.0. The lowest BCUT2D eigenvalue weighted by molar-refractivity contribution is 0.317. The van der Waals surface area contributed by atoms with Crippen LogP contribution in [0.1, 0.15) is 35.6 Å². The number of rotatable bonds is 9. The fourth-order valence-electron chi connectivity index (χ4n) is 3.97. The molecule has 0 fully saturated rings. The number of hydrogen-bond acceptors (Lipinski definition) is 1. The number of fused-ring (bicyclic) bond motifs is 1. The maximum Gasteiger partial charge on any atom is 0.142 e. The van der Waals surface area contributed by atoms with Gasteiger partial charge in [0.15, 0.2) is 0 Å². The van der Waals surface area contributed by atoms with E-state index in [4.69, 9.17) is 16.3 Å². The quantitative estimate of drug-likeness (QED) is 0.243. The van der Waals surface area contributed by atoms with Crippen LogP contribution in [0, 0.1) is 11.6 Å². The molecule has 0 unspecified atom stereocenters. The fraction of sp³-hybridized carbons (Fsp3) is 0.241. The Morgan fingerprint density at radius 1 is 0.727 bits per heavy atom. The van der Waals surface area contributed by atoms with Gasteiger partial charge in [-0.25, -0.2) is 8.78 Å². The summed E-state index contributed by atoms with van der Waals surface area (Å²) in [6.45, 7) is 2.82. The summed E-state index contributed by atoms with van der Waals surface area (Å²) < 4.78 is 34.4. The first-order valence-electron chi connectivity index (χ1n) is 11.4. The maximum absolute atomic E-state index is 15.1. The molecule has 0 spiro atoms. The molecule has 4 heteroatoms. The highest BCUT2D eigenvalue weighted by Crippen LogP contribution is 2.25. The molecule has 0 aliphatic heterocycles. The van der Waals surface area contributed by atoms with Gasteiger partial charge in [0, 0.05) is 5.39 Å². The van der Waals surface area contributed by atoms with Gasteiger partial charge in [0.2, 0.25) is 0 Å². The van der Waals surface area contributed by atoms with Crippen molar-refractivity contribution in [3.63, 3.8) is 0 Å². The first-order valence-corrected chi connectivity index (χ1v) is 11.8. The van der Waals surface area contributed by atoms with E-state index in [0.29, 0.717) is 23.8 Å². The minimum Gasteiger partial charge on any atom is -0.494 e. The van der Waals surface area contributed by atoms with Crippen molar-refractivity contribution < 1.29 is 13.5 Å². The highest BCUT2D eigenvalue weighted by Gasteiger charge is 2.10. The molecule has 4 rings (SSSR count). The van der Waals surface area contributed by atoms with Crippen molar-refractivity contribution in [2.75, 3.05) is 6.61 Å². The van der Waals surface area contributed by atoms with Gasteiger partial charge in [0.1, 0.15) is 17.4 Å². The van der Waals surface area contributed by atoms with Crippen molar-refractivity contribution in [3.8, 4) is 5.75 Å². The molecular weight excluding hydrogens is 438 g/mol. The van der Waals surface area contributed by atoms with Crippen molar-refractivity contribution in [3.05, 3.63) is 112 Å².